The molecular weight excluding hydrogens is 430 g/mol. The van der Waals surface area contributed by atoms with Gasteiger partial charge in [-0.1, -0.05) is 38.1 Å². The minimum atomic E-state index is -0.0350. The molecule has 0 aliphatic carbocycles. The number of ether oxygens (including phenoxy) is 1. The van der Waals surface area contributed by atoms with Crippen LogP contribution in [-0.4, -0.2) is 103 Å². The lowest BCUT2D eigenvalue weighted by molar-refractivity contribution is 0.0320. The molecule has 2 aliphatic heterocycles. The number of carbonyl (C=O) groups is 1. The molecule has 0 unspecified atom stereocenters. The second-order valence-corrected chi connectivity index (χ2v) is 9.78. The third-order valence-corrected chi connectivity index (χ3v) is 6.81. The SMILES string of the molecule is CC(C)c1ccc(CN(CCN2CCOCC2)Cc2nc(C(=O)N3CCN(C)CC3)co2)cc1. The largest absolute Gasteiger partial charge is 0.447 e. The summed E-state index contributed by atoms with van der Waals surface area (Å²) >= 11 is 0. The monoisotopic (exact) mass is 469 g/mol. The van der Waals surface area contributed by atoms with Gasteiger partial charge in [0.1, 0.15) is 6.26 Å². The average Bonchev–Trinajstić information content (AvgIpc) is 3.32. The molecule has 1 aromatic carbocycles. The minimum Gasteiger partial charge on any atom is -0.447 e. The lowest BCUT2D eigenvalue weighted by atomic mass is 10.0. The lowest BCUT2D eigenvalue weighted by Gasteiger charge is -2.31. The molecule has 0 N–H and O–H groups in total. The zero-order valence-electron chi connectivity index (χ0n) is 20.9. The summed E-state index contributed by atoms with van der Waals surface area (Å²) in [5, 5.41) is 0. The van der Waals surface area contributed by atoms with Gasteiger partial charge in [-0.15, -0.1) is 0 Å². The number of rotatable bonds is 9. The first kappa shape index (κ1) is 24.9. The Labute approximate surface area is 203 Å². The fraction of sp³-hybridized carbons (Fsp3) is 0.615. The van der Waals surface area contributed by atoms with Crippen molar-refractivity contribution in [3.63, 3.8) is 0 Å². The van der Waals surface area contributed by atoms with E-state index in [0.29, 0.717) is 24.0 Å². The molecule has 0 bridgehead atoms. The van der Waals surface area contributed by atoms with Gasteiger partial charge in [-0.3, -0.25) is 14.6 Å². The van der Waals surface area contributed by atoms with Gasteiger partial charge in [0, 0.05) is 58.9 Å². The molecule has 8 nitrogen and oxygen atoms in total. The summed E-state index contributed by atoms with van der Waals surface area (Å²) in [7, 11) is 2.08. The molecule has 3 heterocycles. The van der Waals surface area contributed by atoms with Crippen LogP contribution in [0.4, 0.5) is 0 Å². The molecule has 1 aromatic heterocycles. The highest BCUT2D eigenvalue weighted by Gasteiger charge is 2.24. The third-order valence-electron chi connectivity index (χ3n) is 6.81. The van der Waals surface area contributed by atoms with Crippen LogP contribution in [0, 0.1) is 0 Å². The second-order valence-electron chi connectivity index (χ2n) is 9.78. The van der Waals surface area contributed by atoms with E-state index in [0.717, 1.165) is 72.1 Å². The number of piperazine rings is 1. The Kier molecular flexibility index (Phi) is 8.72. The van der Waals surface area contributed by atoms with Crippen LogP contribution in [0.5, 0.6) is 0 Å². The van der Waals surface area contributed by atoms with Gasteiger partial charge < -0.3 is 19.0 Å². The highest BCUT2D eigenvalue weighted by Crippen LogP contribution is 2.17. The van der Waals surface area contributed by atoms with E-state index in [-0.39, 0.29) is 5.91 Å². The van der Waals surface area contributed by atoms with E-state index in [1.165, 1.54) is 17.4 Å². The highest BCUT2D eigenvalue weighted by atomic mass is 16.5. The first-order valence-electron chi connectivity index (χ1n) is 12.5. The van der Waals surface area contributed by atoms with Crippen LogP contribution in [-0.2, 0) is 17.8 Å². The molecule has 4 rings (SSSR count). The summed E-state index contributed by atoms with van der Waals surface area (Å²) in [6, 6.07) is 8.88. The van der Waals surface area contributed by atoms with Gasteiger partial charge in [0.05, 0.1) is 19.8 Å². The van der Waals surface area contributed by atoms with E-state index in [9.17, 15) is 4.79 Å². The van der Waals surface area contributed by atoms with Gasteiger partial charge >= 0.3 is 0 Å². The van der Waals surface area contributed by atoms with Crippen LogP contribution in [0.2, 0.25) is 0 Å². The summed E-state index contributed by atoms with van der Waals surface area (Å²) in [6.07, 6.45) is 1.52. The topological polar surface area (TPSA) is 65.3 Å². The second kappa shape index (κ2) is 11.9. The molecule has 0 spiro atoms. The van der Waals surface area contributed by atoms with E-state index in [2.05, 4.69) is 64.8 Å². The molecule has 2 fully saturated rings. The van der Waals surface area contributed by atoms with Crippen LogP contribution in [0.25, 0.3) is 0 Å². The fourth-order valence-corrected chi connectivity index (χ4v) is 4.43. The first-order valence-corrected chi connectivity index (χ1v) is 12.5. The number of likely N-dealkylation sites (N-methyl/N-ethyl adjacent to an activating group) is 1. The number of hydrogen-bond donors (Lipinski definition) is 0. The zero-order valence-corrected chi connectivity index (χ0v) is 20.9. The van der Waals surface area contributed by atoms with Crippen molar-refractivity contribution in [1.29, 1.82) is 0 Å². The number of hydrogen-bond acceptors (Lipinski definition) is 7. The maximum Gasteiger partial charge on any atom is 0.275 e. The lowest BCUT2D eigenvalue weighted by Crippen LogP contribution is -2.47. The van der Waals surface area contributed by atoms with Gasteiger partial charge in [0.25, 0.3) is 5.91 Å². The summed E-state index contributed by atoms with van der Waals surface area (Å²) in [5.41, 5.74) is 3.03. The number of nitrogens with zero attached hydrogens (tertiary/aromatic N) is 5. The zero-order chi connectivity index (χ0) is 23.9. The minimum absolute atomic E-state index is 0.0350. The van der Waals surface area contributed by atoms with Crippen molar-refractivity contribution in [2.45, 2.75) is 32.9 Å². The molecule has 0 atom stereocenters. The molecule has 8 heteroatoms. The predicted octanol–water partition coefficient (Wildman–Crippen LogP) is 2.52. The van der Waals surface area contributed by atoms with Crippen molar-refractivity contribution in [3.05, 3.63) is 53.2 Å². The van der Waals surface area contributed by atoms with Crippen LogP contribution >= 0.6 is 0 Å². The number of oxazole rings is 1. The smallest absolute Gasteiger partial charge is 0.275 e. The summed E-state index contributed by atoms with van der Waals surface area (Å²) in [5.74, 6) is 1.08. The summed E-state index contributed by atoms with van der Waals surface area (Å²) in [6.45, 7) is 14.5. The van der Waals surface area contributed by atoms with E-state index in [1.807, 2.05) is 4.90 Å². The van der Waals surface area contributed by atoms with E-state index in [4.69, 9.17) is 9.15 Å². The van der Waals surface area contributed by atoms with E-state index >= 15 is 0 Å². The Hall–Kier alpha value is -2.26. The third kappa shape index (κ3) is 6.88. The summed E-state index contributed by atoms with van der Waals surface area (Å²) < 4.78 is 11.3. The van der Waals surface area contributed by atoms with Crippen LogP contribution in [0.1, 0.15) is 47.3 Å². The van der Waals surface area contributed by atoms with Gasteiger partial charge in [0.15, 0.2) is 5.69 Å². The number of morpholine rings is 1. The van der Waals surface area contributed by atoms with Crippen molar-refractivity contribution in [2.75, 3.05) is 72.6 Å². The molecule has 2 saturated heterocycles. The molecule has 2 aromatic rings. The number of amides is 1. The van der Waals surface area contributed by atoms with Gasteiger partial charge in [0.2, 0.25) is 5.89 Å². The Morgan fingerprint density at radius 1 is 1.03 bits per heavy atom. The first-order chi connectivity index (χ1) is 16.5. The molecular formula is C26H39N5O3. The van der Waals surface area contributed by atoms with E-state index < -0.39 is 0 Å². The maximum absolute atomic E-state index is 12.9. The summed E-state index contributed by atoms with van der Waals surface area (Å²) in [4.78, 5) is 26.3. The molecule has 1 amide bonds. The van der Waals surface area contributed by atoms with Crippen LogP contribution in [0.3, 0.4) is 0 Å². The van der Waals surface area contributed by atoms with Gasteiger partial charge in [-0.25, -0.2) is 4.98 Å². The quantitative estimate of drug-likeness (QED) is 0.559. The Morgan fingerprint density at radius 2 is 1.74 bits per heavy atom. The van der Waals surface area contributed by atoms with Crippen molar-refractivity contribution in [2.24, 2.45) is 0 Å². The van der Waals surface area contributed by atoms with E-state index in [1.54, 1.807) is 0 Å². The van der Waals surface area contributed by atoms with Gasteiger partial charge in [-0.2, -0.15) is 0 Å². The molecule has 0 radical (unpaired) electrons. The fourth-order valence-electron chi connectivity index (χ4n) is 4.43. The average molecular weight is 470 g/mol. The predicted molar refractivity (Wildman–Crippen MR) is 132 cm³/mol. The van der Waals surface area contributed by atoms with Gasteiger partial charge in [-0.05, 0) is 24.1 Å². The maximum atomic E-state index is 12.9. The van der Waals surface area contributed by atoms with Crippen molar-refractivity contribution in [3.8, 4) is 0 Å². The Bertz CT molecular complexity index is 899. The molecule has 2 aliphatic rings. The van der Waals surface area contributed by atoms with Crippen molar-refractivity contribution >= 4 is 5.91 Å². The van der Waals surface area contributed by atoms with Crippen molar-refractivity contribution < 1.29 is 13.9 Å². The highest BCUT2D eigenvalue weighted by molar-refractivity contribution is 5.92. The number of benzene rings is 1. The van der Waals surface area contributed by atoms with Crippen LogP contribution in [0.15, 0.2) is 34.9 Å². The standard InChI is InChI=1S/C26H39N5O3/c1-21(2)23-6-4-22(5-7-23)18-30(11-10-29-14-16-33-17-15-29)19-25-27-24(20-34-25)26(32)31-12-8-28(3)9-13-31/h4-7,20-21H,8-19H2,1-3H3. The normalized spacial score (nSPS) is 18.2. The Balaban J connectivity index is 1.40. The molecule has 186 valence electrons. The Morgan fingerprint density at radius 3 is 2.41 bits per heavy atom. The molecule has 0 saturated carbocycles. The number of aromatic nitrogens is 1. The van der Waals surface area contributed by atoms with Crippen molar-refractivity contribution in [1.82, 2.24) is 24.6 Å². The van der Waals surface area contributed by atoms with Crippen LogP contribution < -0.4 is 0 Å². The number of carbonyl (C=O) groups excluding carboxylic acids is 1. The molecule has 34 heavy (non-hydrogen) atoms.